The molecule has 1 radical (unpaired) electrons. The number of hydrogen-bond acceptors (Lipinski definition) is 5. The summed E-state index contributed by atoms with van der Waals surface area (Å²) in [7, 11) is 0. The van der Waals surface area contributed by atoms with Gasteiger partial charge in [0.15, 0.2) is 5.78 Å². The number of pyridine rings is 2. The van der Waals surface area contributed by atoms with Crippen molar-refractivity contribution < 1.29 is 34.4 Å². The zero-order valence-corrected chi connectivity index (χ0v) is 29.9. The van der Waals surface area contributed by atoms with Crippen molar-refractivity contribution >= 4 is 27.5 Å². The van der Waals surface area contributed by atoms with E-state index >= 15 is 0 Å². The van der Waals surface area contributed by atoms with Gasteiger partial charge >= 0.3 is 0 Å². The molecule has 239 valence electrons. The molecule has 5 rings (SSSR count). The minimum atomic E-state index is 0. The predicted molar refractivity (Wildman–Crippen MR) is 182 cm³/mol. The number of ketones is 1. The fourth-order valence-electron chi connectivity index (χ4n) is 5.52. The van der Waals surface area contributed by atoms with Gasteiger partial charge in [0.2, 0.25) is 0 Å². The third-order valence-electron chi connectivity index (χ3n) is 8.33. The van der Waals surface area contributed by atoms with E-state index in [1.165, 1.54) is 17.0 Å². The van der Waals surface area contributed by atoms with E-state index in [1.807, 2.05) is 58.3 Å². The van der Waals surface area contributed by atoms with Crippen LogP contribution >= 0.6 is 0 Å². The Labute approximate surface area is 281 Å². The third kappa shape index (κ3) is 8.77. The van der Waals surface area contributed by atoms with Crippen LogP contribution in [-0.2, 0) is 30.3 Å². The van der Waals surface area contributed by atoms with Gasteiger partial charge in [-0.05, 0) is 48.8 Å². The summed E-state index contributed by atoms with van der Waals surface area (Å²) in [5, 5.41) is 13.1. The molecule has 0 saturated heterocycles. The first-order valence-electron chi connectivity index (χ1n) is 15.8. The Morgan fingerprint density at radius 1 is 0.911 bits per heavy atom. The van der Waals surface area contributed by atoms with Gasteiger partial charge < -0.3 is 9.52 Å². The zero-order chi connectivity index (χ0) is 31.9. The Morgan fingerprint density at radius 2 is 1.60 bits per heavy atom. The molecular formula is C39H45IrN2O3-. The molecule has 0 atom stereocenters. The third-order valence-corrected chi connectivity index (χ3v) is 8.33. The number of rotatable bonds is 9. The van der Waals surface area contributed by atoms with Crippen molar-refractivity contribution in [2.24, 2.45) is 11.8 Å². The van der Waals surface area contributed by atoms with Crippen LogP contribution in [0.4, 0.5) is 0 Å². The molecule has 2 aromatic carbocycles. The molecule has 0 aliphatic heterocycles. The number of hydrogen-bond donors (Lipinski definition) is 1. The summed E-state index contributed by atoms with van der Waals surface area (Å²) in [6, 6.07) is 22.1. The Hall–Kier alpha value is -3.60. The van der Waals surface area contributed by atoms with E-state index in [-0.39, 0.29) is 48.9 Å². The summed E-state index contributed by atoms with van der Waals surface area (Å²) in [6.07, 6.45) is 10.3. The van der Waals surface area contributed by atoms with Crippen molar-refractivity contribution in [3.63, 3.8) is 0 Å². The van der Waals surface area contributed by atoms with Gasteiger partial charge in [-0.25, -0.2) is 0 Å². The topological polar surface area (TPSA) is 76.2 Å². The molecule has 0 aliphatic carbocycles. The van der Waals surface area contributed by atoms with E-state index in [0.29, 0.717) is 0 Å². The molecule has 5 aromatic rings. The fraction of sp³-hybridized carbons (Fsp3) is 0.359. The number of furan rings is 1. The van der Waals surface area contributed by atoms with Gasteiger partial charge in [-0.3, -0.25) is 14.8 Å². The number of carbonyl (C=O) groups is 1. The number of aliphatic hydroxyl groups excluding tert-OH is 1. The Balaban J connectivity index is 0.000000297. The summed E-state index contributed by atoms with van der Waals surface area (Å²) >= 11 is 0. The van der Waals surface area contributed by atoms with E-state index in [9.17, 15) is 9.90 Å². The van der Waals surface area contributed by atoms with Crippen LogP contribution in [0.3, 0.4) is 0 Å². The fourth-order valence-corrected chi connectivity index (χ4v) is 5.52. The van der Waals surface area contributed by atoms with Gasteiger partial charge in [0.1, 0.15) is 5.58 Å². The Bertz CT molecular complexity index is 1740. The largest absolute Gasteiger partial charge is 0.512 e. The van der Waals surface area contributed by atoms with Crippen molar-refractivity contribution in [1.29, 1.82) is 0 Å². The summed E-state index contributed by atoms with van der Waals surface area (Å²) in [5.74, 6) is 0.547. The van der Waals surface area contributed by atoms with E-state index in [2.05, 4.69) is 73.2 Å². The number of allylic oxidation sites excluding steroid dienone is 2. The molecule has 1 N–H and O–H groups in total. The van der Waals surface area contributed by atoms with E-state index in [0.717, 1.165) is 64.6 Å². The van der Waals surface area contributed by atoms with E-state index in [4.69, 9.17) is 4.42 Å². The van der Waals surface area contributed by atoms with Gasteiger partial charge in [-0.2, -0.15) is 0 Å². The van der Waals surface area contributed by atoms with E-state index < -0.39 is 0 Å². The Morgan fingerprint density at radius 3 is 2.27 bits per heavy atom. The van der Waals surface area contributed by atoms with Crippen LogP contribution in [-0.4, -0.2) is 20.9 Å². The summed E-state index contributed by atoms with van der Waals surface area (Å²) in [4.78, 5) is 20.9. The van der Waals surface area contributed by atoms with Gasteiger partial charge in [0, 0.05) is 67.6 Å². The number of nitrogens with zero attached hydrogens (tertiary/aromatic N) is 2. The minimum absolute atomic E-state index is 0. The number of fused-ring (bicyclic) bond motifs is 2. The minimum Gasteiger partial charge on any atom is -0.512 e. The monoisotopic (exact) mass is 782 g/mol. The molecule has 0 amide bonds. The standard InChI is InChI=1S/C26H21N2O.C13H24O2.Ir/c1-26(2,3)22-13-20(12-17-6-4-5-7-21(17)22)23-14-18(8-10-27-23)24-15-25-19(16-28-24)9-11-29-25;1-5-10(6-2)12(14)9-13(15)11(7-3)8-4;/h4-11,13-16H,1-3H3;9-11,14H,5-8H2,1-4H3;/q-1;;/b;12-9-;. The number of carbonyl (C=O) groups excluding carboxylic acids is 1. The first-order valence-corrected chi connectivity index (χ1v) is 15.8. The molecule has 0 unspecified atom stereocenters. The smallest absolute Gasteiger partial charge is 0.162 e. The molecule has 0 bridgehead atoms. The van der Waals surface area contributed by atoms with Crippen LogP contribution in [0.5, 0.6) is 0 Å². The first kappa shape index (κ1) is 35.9. The summed E-state index contributed by atoms with van der Waals surface area (Å²) in [5.41, 5.74) is 5.91. The normalized spacial score (nSPS) is 11.9. The molecule has 5 nitrogen and oxygen atoms in total. The van der Waals surface area contributed by atoms with Crippen LogP contribution in [0, 0.1) is 17.9 Å². The van der Waals surface area contributed by atoms with Crippen molar-refractivity contribution in [3.8, 4) is 22.5 Å². The predicted octanol–water partition coefficient (Wildman–Crippen LogP) is 10.7. The maximum atomic E-state index is 11.7. The number of aromatic nitrogens is 2. The molecule has 0 fully saturated rings. The molecule has 3 heterocycles. The SMILES string of the molecule is CC(C)(C)c1cc(-c2cc(-c3cc4occc4cn3)ccn2)[c-]c2ccccc12.CCC(CC)C(=O)/C=C(\O)C(CC)CC.[Ir]. The van der Waals surface area contributed by atoms with Crippen LogP contribution < -0.4 is 0 Å². The molecule has 3 aromatic heterocycles. The number of aliphatic hydroxyl groups is 1. The van der Waals surface area contributed by atoms with E-state index in [1.54, 1.807) is 6.26 Å². The average molecular weight is 782 g/mol. The van der Waals surface area contributed by atoms with Crippen molar-refractivity contribution in [3.05, 3.63) is 96.7 Å². The van der Waals surface area contributed by atoms with Crippen LogP contribution in [0.15, 0.2) is 89.5 Å². The Kier molecular flexibility index (Phi) is 12.8. The molecule has 0 saturated carbocycles. The second kappa shape index (κ2) is 16.1. The second-order valence-corrected chi connectivity index (χ2v) is 12.3. The van der Waals surface area contributed by atoms with Crippen LogP contribution in [0.2, 0.25) is 0 Å². The van der Waals surface area contributed by atoms with Gasteiger partial charge in [0.25, 0.3) is 0 Å². The molecule has 45 heavy (non-hydrogen) atoms. The molecular weight excluding hydrogens is 737 g/mol. The summed E-state index contributed by atoms with van der Waals surface area (Å²) < 4.78 is 5.53. The zero-order valence-electron chi connectivity index (χ0n) is 27.5. The molecule has 0 spiro atoms. The maximum absolute atomic E-state index is 11.7. The van der Waals surface area contributed by atoms with Crippen molar-refractivity contribution in [1.82, 2.24) is 9.97 Å². The molecule has 0 aliphatic rings. The first-order chi connectivity index (χ1) is 21.1. The summed E-state index contributed by atoms with van der Waals surface area (Å²) in [6.45, 7) is 14.8. The van der Waals surface area contributed by atoms with Crippen molar-refractivity contribution in [2.45, 2.75) is 79.6 Å². The van der Waals surface area contributed by atoms with Crippen LogP contribution in [0.25, 0.3) is 44.3 Å². The maximum Gasteiger partial charge on any atom is 0.162 e. The van der Waals surface area contributed by atoms with Gasteiger partial charge in [-0.15, -0.1) is 29.1 Å². The number of benzene rings is 2. The van der Waals surface area contributed by atoms with Crippen LogP contribution in [0.1, 0.15) is 79.7 Å². The van der Waals surface area contributed by atoms with Gasteiger partial charge in [-0.1, -0.05) is 83.7 Å². The average Bonchev–Trinajstić information content (AvgIpc) is 3.50. The van der Waals surface area contributed by atoms with Gasteiger partial charge in [0.05, 0.1) is 17.7 Å². The van der Waals surface area contributed by atoms with Crippen molar-refractivity contribution in [2.75, 3.05) is 0 Å². The second-order valence-electron chi connectivity index (χ2n) is 12.3. The molecule has 6 heteroatoms. The quantitative estimate of drug-likeness (QED) is 0.0916.